The van der Waals surface area contributed by atoms with Crippen LogP contribution >= 0.6 is 11.8 Å². The first-order valence-electron chi connectivity index (χ1n) is 7.64. The van der Waals surface area contributed by atoms with Crippen LogP contribution in [-0.2, 0) is 0 Å². The Bertz CT molecular complexity index is 713. The number of hydrogen-bond donors (Lipinski definition) is 0. The third-order valence-corrected chi connectivity index (χ3v) is 5.60. The molecule has 6 heteroatoms. The predicted octanol–water partition coefficient (Wildman–Crippen LogP) is 3.93. The molecular formula is C16H17N3O2S. The fourth-order valence-corrected chi connectivity index (χ4v) is 4.61. The Morgan fingerprint density at radius 3 is 3.00 bits per heavy atom. The molecule has 1 aromatic carbocycles. The van der Waals surface area contributed by atoms with Gasteiger partial charge in [-0.3, -0.25) is 15.1 Å². The summed E-state index contributed by atoms with van der Waals surface area (Å²) in [5.41, 5.74) is 2.88. The zero-order valence-electron chi connectivity index (χ0n) is 12.4. The van der Waals surface area contributed by atoms with Crippen molar-refractivity contribution in [1.82, 2.24) is 4.90 Å². The van der Waals surface area contributed by atoms with Crippen LogP contribution < -0.4 is 0 Å². The van der Waals surface area contributed by atoms with Crippen molar-refractivity contribution in [3.05, 3.63) is 44.8 Å². The number of hydrogen-bond acceptors (Lipinski definition) is 5. The van der Waals surface area contributed by atoms with Crippen LogP contribution in [0.3, 0.4) is 0 Å². The molecule has 0 radical (unpaired) electrons. The first-order chi connectivity index (χ1) is 10.6. The zero-order chi connectivity index (χ0) is 15.3. The first-order valence-corrected chi connectivity index (χ1v) is 8.52. The number of thioether (sulfide) groups is 1. The Hall–Kier alpha value is -1.82. The Labute approximate surface area is 133 Å². The topological polar surface area (TPSA) is 58.7 Å². The van der Waals surface area contributed by atoms with E-state index < -0.39 is 0 Å². The number of rotatable bonds is 2. The van der Waals surface area contributed by atoms with Gasteiger partial charge >= 0.3 is 0 Å². The van der Waals surface area contributed by atoms with Gasteiger partial charge < -0.3 is 4.90 Å². The Balaban J connectivity index is 1.70. The minimum atomic E-state index is -0.302. The third kappa shape index (κ3) is 2.05. The number of benzene rings is 1. The van der Waals surface area contributed by atoms with Crippen molar-refractivity contribution in [3.8, 4) is 0 Å². The molecule has 2 heterocycles. The second kappa shape index (κ2) is 5.12. The van der Waals surface area contributed by atoms with Crippen LogP contribution in [0.2, 0.25) is 0 Å². The number of nitrogens with zero attached hydrogens (tertiary/aromatic N) is 3. The van der Waals surface area contributed by atoms with Crippen molar-refractivity contribution in [1.29, 1.82) is 0 Å². The lowest BCUT2D eigenvalue weighted by Crippen LogP contribution is -2.38. The smallest absolute Gasteiger partial charge is 0.272 e. The molecule has 2 aliphatic heterocycles. The van der Waals surface area contributed by atoms with E-state index in [2.05, 4.69) is 10.3 Å². The average molecular weight is 315 g/mol. The summed E-state index contributed by atoms with van der Waals surface area (Å²) in [4.78, 5) is 18.0. The molecule has 0 unspecified atom stereocenters. The summed E-state index contributed by atoms with van der Waals surface area (Å²) in [7, 11) is 0. The molecule has 114 valence electrons. The number of aryl methyl sites for hydroxylation is 1. The van der Waals surface area contributed by atoms with Gasteiger partial charge in [0, 0.05) is 22.6 Å². The first kappa shape index (κ1) is 13.8. The third-order valence-electron chi connectivity index (χ3n) is 4.75. The Morgan fingerprint density at radius 1 is 1.36 bits per heavy atom. The summed E-state index contributed by atoms with van der Waals surface area (Å²) in [5.74, 6) is 0. The molecule has 2 atom stereocenters. The maximum absolute atomic E-state index is 11.2. The highest BCUT2D eigenvalue weighted by Crippen LogP contribution is 2.44. The molecule has 5 nitrogen and oxygen atoms in total. The molecule has 0 aromatic heterocycles. The average Bonchev–Trinajstić information content (AvgIpc) is 3.06. The summed E-state index contributed by atoms with van der Waals surface area (Å²) in [6, 6.07) is 6.35. The van der Waals surface area contributed by atoms with E-state index in [0.717, 1.165) is 29.3 Å². The quantitative estimate of drug-likeness (QED) is 0.613. The maximum atomic E-state index is 11.2. The lowest BCUT2D eigenvalue weighted by Gasteiger charge is -2.32. The second-order valence-electron chi connectivity index (χ2n) is 6.08. The van der Waals surface area contributed by atoms with Gasteiger partial charge in [-0.1, -0.05) is 36.7 Å². The van der Waals surface area contributed by atoms with E-state index in [1.54, 1.807) is 24.8 Å². The van der Waals surface area contributed by atoms with Crippen molar-refractivity contribution < 1.29 is 4.92 Å². The maximum Gasteiger partial charge on any atom is 0.272 e. The van der Waals surface area contributed by atoms with Crippen molar-refractivity contribution in [3.63, 3.8) is 0 Å². The van der Waals surface area contributed by atoms with Gasteiger partial charge in [-0.05, 0) is 19.8 Å². The Kier molecular flexibility index (Phi) is 3.22. The van der Waals surface area contributed by atoms with Gasteiger partial charge in [0.25, 0.3) is 5.69 Å². The highest BCUT2D eigenvalue weighted by atomic mass is 32.2. The number of amidine groups is 1. The van der Waals surface area contributed by atoms with Crippen LogP contribution in [0.5, 0.6) is 0 Å². The normalized spacial score (nSPS) is 26.3. The van der Waals surface area contributed by atoms with Crippen molar-refractivity contribution in [2.75, 3.05) is 0 Å². The van der Waals surface area contributed by atoms with Crippen LogP contribution in [0.15, 0.2) is 28.6 Å². The fraction of sp³-hybridized carbons (Fsp3) is 0.438. The molecule has 3 aliphatic rings. The van der Waals surface area contributed by atoms with Crippen molar-refractivity contribution in [2.45, 2.75) is 44.7 Å². The lowest BCUT2D eigenvalue weighted by atomic mass is 9.90. The molecule has 1 aromatic rings. The SMILES string of the molecule is Cc1ccc(C2=CSC3=N[C@H]4CCCC[C@H]4N23)cc1[N+](=O)[O-]. The molecule has 0 spiro atoms. The van der Waals surface area contributed by atoms with E-state index >= 15 is 0 Å². The number of aliphatic imine (C=N–C) groups is 1. The standard InChI is InChI=1S/C16H17N3O2S/c1-10-6-7-11(8-14(10)19(20)21)15-9-22-16-17-12-4-2-3-5-13(12)18(15)16/h6-9,12-13H,2-5H2,1H3/t12-,13+/m0/s1. The van der Waals surface area contributed by atoms with E-state index in [-0.39, 0.29) is 10.6 Å². The van der Waals surface area contributed by atoms with Crippen LogP contribution in [-0.4, -0.2) is 27.1 Å². The highest BCUT2D eigenvalue weighted by molar-refractivity contribution is 8.16. The monoisotopic (exact) mass is 315 g/mol. The van der Waals surface area contributed by atoms with Crippen LogP contribution in [0.1, 0.15) is 36.8 Å². The van der Waals surface area contributed by atoms with Crippen LogP contribution in [0.4, 0.5) is 5.69 Å². The van der Waals surface area contributed by atoms with Crippen LogP contribution in [0, 0.1) is 17.0 Å². The summed E-state index contributed by atoms with van der Waals surface area (Å²) in [6.07, 6.45) is 4.81. The van der Waals surface area contributed by atoms with Gasteiger partial charge in [0.15, 0.2) is 5.17 Å². The number of nitro benzene ring substituents is 1. The summed E-state index contributed by atoms with van der Waals surface area (Å²) < 4.78 is 0. The lowest BCUT2D eigenvalue weighted by molar-refractivity contribution is -0.385. The number of fused-ring (bicyclic) bond motifs is 3. The van der Waals surface area contributed by atoms with Gasteiger partial charge in [-0.25, -0.2) is 0 Å². The summed E-state index contributed by atoms with van der Waals surface area (Å²) in [6.45, 7) is 1.78. The van der Waals surface area contributed by atoms with Crippen molar-refractivity contribution >= 4 is 28.3 Å². The largest absolute Gasteiger partial charge is 0.315 e. The zero-order valence-corrected chi connectivity index (χ0v) is 13.2. The van der Waals surface area contributed by atoms with E-state index in [0.29, 0.717) is 17.6 Å². The minimum Gasteiger partial charge on any atom is -0.315 e. The molecule has 1 saturated carbocycles. The molecule has 1 aliphatic carbocycles. The molecule has 4 rings (SSSR count). The molecular weight excluding hydrogens is 298 g/mol. The molecule has 0 bridgehead atoms. The fourth-order valence-electron chi connectivity index (χ4n) is 3.60. The van der Waals surface area contributed by atoms with Gasteiger partial charge in [0.05, 0.1) is 22.7 Å². The second-order valence-corrected chi connectivity index (χ2v) is 6.92. The van der Waals surface area contributed by atoms with Crippen molar-refractivity contribution in [2.24, 2.45) is 4.99 Å². The minimum absolute atomic E-state index is 0.188. The van der Waals surface area contributed by atoms with Gasteiger partial charge in [0.2, 0.25) is 0 Å². The van der Waals surface area contributed by atoms with E-state index in [1.807, 2.05) is 12.1 Å². The molecule has 0 saturated heterocycles. The van der Waals surface area contributed by atoms with Gasteiger partial charge in [0.1, 0.15) is 0 Å². The summed E-state index contributed by atoms with van der Waals surface area (Å²) >= 11 is 1.64. The predicted molar refractivity (Wildman–Crippen MR) is 88.7 cm³/mol. The van der Waals surface area contributed by atoms with Gasteiger partial charge in [-0.2, -0.15) is 0 Å². The highest BCUT2D eigenvalue weighted by Gasteiger charge is 2.42. The molecule has 22 heavy (non-hydrogen) atoms. The van der Waals surface area contributed by atoms with Gasteiger partial charge in [-0.15, -0.1) is 0 Å². The molecule has 0 amide bonds. The summed E-state index contributed by atoms with van der Waals surface area (Å²) in [5, 5.41) is 14.3. The Morgan fingerprint density at radius 2 is 2.18 bits per heavy atom. The number of nitro groups is 1. The van der Waals surface area contributed by atoms with E-state index in [1.165, 1.54) is 12.8 Å². The molecule has 0 N–H and O–H groups in total. The van der Waals surface area contributed by atoms with E-state index in [4.69, 9.17) is 4.99 Å². The van der Waals surface area contributed by atoms with Crippen LogP contribution in [0.25, 0.3) is 5.70 Å². The van der Waals surface area contributed by atoms with E-state index in [9.17, 15) is 10.1 Å². The molecule has 1 fully saturated rings.